The second kappa shape index (κ2) is 4.49. The summed E-state index contributed by atoms with van der Waals surface area (Å²) in [6, 6.07) is 0. The van der Waals surface area contributed by atoms with Crippen molar-refractivity contribution in [2.75, 3.05) is 13.2 Å². The third-order valence-electron chi connectivity index (χ3n) is 4.69. The van der Waals surface area contributed by atoms with E-state index in [2.05, 4.69) is 46.9 Å². The first-order chi connectivity index (χ1) is 8.13. The zero-order valence-corrected chi connectivity index (χ0v) is 13.1. The molecule has 0 bridgehead atoms. The Labute approximate surface area is 113 Å². The maximum absolute atomic E-state index is 6.34. The Morgan fingerprint density at radius 1 is 1.00 bits per heavy atom. The summed E-state index contributed by atoms with van der Waals surface area (Å²) < 4.78 is 6.34. The molecular weight excluding hydrogens is 222 g/mol. The molecule has 1 unspecified atom stereocenters. The molecule has 2 rings (SSSR count). The molecule has 0 aromatic carbocycles. The number of nitrogens with one attached hydrogen (secondary N) is 1. The highest BCUT2D eigenvalue weighted by atomic mass is 16.5. The van der Waals surface area contributed by atoms with Gasteiger partial charge in [0.25, 0.3) is 0 Å². The lowest BCUT2D eigenvalue weighted by Gasteiger charge is -2.54. The molecule has 2 fully saturated rings. The van der Waals surface area contributed by atoms with Gasteiger partial charge in [-0.05, 0) is 41.9 Å². The number of rotatable bonds is 1. The lowest BCUT2D eigenvalue weighted by atomic mass is 9.61. The van der Waals surface area contributed by atoms with Crippen molar-refractivity contribution in [3.63, 3.8) is 0 Å². The Kier molecular flexibility index (Phi) is 3.57. The maximum Gasteiger partial charge on any atom is 0.120 e. The largest absolute Gasteiger partial charge is 0.360 e. The molecule has 1 N–H and O–H groups in total. The van der Waals surface area contributed by atoms with Gasteiger partial charge in [0.1, 0.15) is 5.72 Å². The molecule has 1 aliphatic heterocycles. The van der Waals surface area contributed by atoms with Gasteiger partial charge in [0.2, 0.25) is 0 Å². The summed E-state index contributed by atoms with van der Waals surface area (Å²) in [5.41, 5.74) is 0.690. The third-order valence-corrected chi connectivity index (χ3v) is 4.69. The first-order valence-corrected chi connectivity index (χ1v) is 7.52. The van der Waals surface area contributed by atoms with Crippen LogP contribution in [0.2, 0.25) is 0 Å². The van der Waals surface area contributed by atoms with E-state index in [1.54, 1.807) is 0 Å². The zero-order valence-electron chi connectivity index (χ0n) is 13.1. The summed E-state index contributed by atoms with van der Waals surface area (Å²) >= 11 is 0. The Bertz CT molecular complexity index is 280. The van der Waals surface area contributed by atoms with Crippen LogP contribution in [0.15, 0.2) is 0 Å². The van der Waals surface area contributed by atoms with Crippen LogP contribution in [0.25, 0.3) is 0 Å². The average molecular weight is 253 g/mol. The molecule has 1 spiro atoms. The molecule has 2 aliphatic rings. The van der Waals surface area contributed by atoms with Gasteiger partial charge in [-0.3, -0.25) is 5.32 Å². The van der Waals surface area contributed by atoms with Gasteiger partial charge in [-0.25, -0.2) is 0 Å². The highest BCUT2D eigenvalue weighted by molar-refractivity contribution is 4.99. The van der Waals surface area contributed by atoms with Crippen molar-refractivity contribution in [3.05, 3.63) is 0 Å². The van der Waals surface area contributed by atoms with Crippen molar-refractivity contribution in [2.45, 2.75) is 66.5 Å². The molecule has 18 heavy (non-hydrogen) atoms. The molecule has 1 saturated carbocycles. The van der Waals surface area contributed by atoms with Crippen LogP contribution in [0.1, 0.15) is 60.8 Å². The Morgan fingerprint density at radius 3 is 1.94 bits per heavy atom. The van der Waals surface area contributed by atoms with Crippen molar-refractivity contribution >= 4 is 0 Å². The number of ether oxygens (including phenoxy) is 1. The monoisotopic (exact) mass is 253 g/mol. The Balaban J connectivity index is 2.08. The van der Waals surface area contributed by atoms with Gasteiger partial charge in [-0.1, -0.05) is 41.5 Å². The van der Waals surface area contributed by atoms with E-state index < -0.39 is 0 Å². The summed E-state index contributed by atoms with van der Waals surface area (Å²) in [5, 5.41) is 3.75. The van der Waals surface area contributed by atoms with Gasteiger partial charge in [-0.15, -0.1) is 0 Å². The van der Waals surface area contributed by atoms with E-state index in [1.165, 1.54) is 6.42 Å². The average Bonchev–Trinajstić information content (AvgIpc) is 2.12. The van der Waals surface area contributed by atoms with Crippen molar-refractivity contribution in [2.24, 2.45) is 22.7 Å². The van der Waals surface area contributed by atoms with Crippen molar-refractivity contribution < 1.29 is 4.74 Å². The first kappa shape index (κ1) is 14.3. The standard InChI is InChI=1S/C16H31NO/c1-12(2)13-7-17-16(18-8-13)10-14(3,4)9-15(5,6)11-16/h12-13,17H,7-11H2,1-6H3. The first-order valence-electron chi connectivity index (χ1n) is 7.52. The van der Waals surface area contributed by atoms with Crippen LogP contribution in [0.3, 0.4) is 0 Å². The number of hydrogen-bond donors (Lipinski definition) is 1. The summed E-state index contributed by atoms with van der Waals surface area (Å²) in [6.45, 7) is 16.2. The van der Waals surface area contributed by atoms with E-state index in [9.17, 15) is 0 Å². The highest BCUT2D eigenvalue weighted by Gasteiger charge is 2.49. The van der Waals surface area contributed by atoms with E-state index in [0.717, 1.165) is 26.0 Å². The van der Waals surface area contributed by atoms with Crippen LogP contribution in [0.4, 0.5) is 0 Å². The smallest absolute Gasteiger partial charge is 0.120 e. The Morgan fingerprint density at radius 2 is 1.56 bits per heavy atom. The lowest BCUT2D eigenvalue weighted by molar-refractivity contribution is -0.183. The molecule has 106 valence electrons. The van der Waals surface area contributed by atoms with Gasteiger partial charge in [0.05, 0.1) is 6.61 Å². The molecule has 0 aromatic heterocycles. The molecule has 2 nitrogen and oxygen atoms in total. The molecule has 0 amide bonds. The summed E-state index contributed by atoms with van der Waals surface area (Å²) in [7, 11) is 0. The fourth-order valence-corrected chi connectivity index (χ4v) is 4.38. The normalized spacial score (nSPS) is 33.8. The van der Waals surface area contributed by atoms with Gasteiger partial charge in [-0.2, -0.15) is 0 Å². The van der Waals surface area contributed by atoms with Gasteiger partial charge < -0.3 is 4.74 Å². The molecule has 0 radical (unpaired) electrons. The summed E-state index contributed by atoms with van der Waals surface area (Å²) in [5.74, 6) is 1.38. The topological polar surface area (TPSA) is 21.3 Å². The van der Waals surface area contributed by atoms with E-state index in [0.29, 0.717) is 22.7 Å². The van der Waals surface area contributed by atoms with Crippen LogP contribution in [-0.4, -0.2) is 18.9 Å². The van der Waals surface area contributed by atoms with Crippen molar-refractivity contribution in [1.29, 1.82) is 0 Å². The molecule has 0 aromatic rings. The van der Waals surface area contributed by atoms with Crippen LogP contribution in [0.5, 0.6) is 0 Å². The second-order valence-electron chi connectivity index (χ2n) is 8.55. The van der Waals surface area contributed by atoms with Crippen molar-refractivity contribution in [1.82, 2.24) is 5.32 Å². The minimum absolute atomic E-state index is 0.0589. The summed E-state index contributed by atoms with van der Waals surface area (Å²) in [6.07, 6.45) is 3.59. The summed E-state index contributed by atoms with van der Waals surface area (Å²) in [4.78, 5) is 0. The van der Waals surface area contributed by atoms with E-state index >= 15 is 0 Å². The van der Waals surface area contributed by atoms with Gasteiger partial charge in [0, 0.05) is 6.54 Å². The molecular formula is C16H31NO. The lowest BCUT2D eigenvalue weighted by Crippen LogP contribution is -2.61. The Hall–Kier alpha value is -0.0800. The predicted molar refractivity (Wildman–Crippen MR) is 76.4 cm³/mol. The SMILES string of the molecule is CC(C)C1CNC2(CC(C)(C)CC(C)(C)C2)OC1. The molecule has 2 heteroatoms. The molecule has 1 aliphatic carbocycles. The zero-order chi connectivity index (χ0) is 13.6. The molecule has 1 saturated heterocycles. The fraction of sp³-hybridized carbons (Fsp3) is 1.00. The van der Waals surface area contributed by atoms with Crippen molar-refractivity contribution in [3.8, 4) is 0 Å². The minimum Gasteiger partial charge on any atom is -0.360 e. The maximum atomic E-state index is 6.34. The third kappa shape index (κ3) is 3.08. The van der Waals surface area contributed by atoms with E-state index in [-0.39, 0.29) is 5.72 Å². The van der Waals surface area contributed by atoms with Gasteiger partial charge >= 0.3 is 0 Å². The van der Waals surface area contributed by atoms with Crippen LogP contribution < -0.4 is 5.32 Å². The van der Waals surface area contributed by atoms with E-state index in [4.69, 9.17) is 4.74 Å². The van der Waals surface area contributed by atoms with Gasteiger partial charge in [0.15, 0.2) is 0 Å². The second-order valence-corrected chi connectivity index (χ2v) is 8.55. The molecule has 1 atom stereocenters. The minimum atomic E-state index is -0.0589. The predicted octanol–water partition coefficient (Wildman–Crippen LogP) is 3.81. The van der Waals surface area contributed by atoms with Crippen LogP contribution in [0, 0.1) is 22.7 Å². The quantitative estimate of drug-likeness (QED) is 0.767. The highest BCUT2D eigenvalue weighted by Crippen LogP contribution is 2.51. The number of hydrogen-bond acceptors (Lipinski definition) is 2. The van der Waals surface area contributed by atoms with E-state index in [1.807, 2.05) is 0 Å². The molecule has 1 heterocycles. The fourth-order valence-electron chi connectivity index (χ4n) is 4.38. The van der Waals surface area contributed by atoms with Crippen LogP contribution in [-0.2, 0) is 4.74 Å². The van der Waals surface area contributed by atoms with Crippen LogP contribution >= 0.6 is 0 Å².